The molecule has 0 bridgehead atoms. The molecule has 27 heavy (non-hydrogen) atoms. The van der Waals surface area contributed by atoms with E-state index in [4.69, 9.17) is 25.8 Å². The van der Waals surface area contributed by atoms with Crippen LogP contribution in [0.2, 0.25) is 5.02 Å². The molecule has 142 valence electrons. The number of methoxy groups -OCH3 is 1. The van der Waals surface area contributed by atoms with E-state index in [0.717, 1.165) is 29.5 Å². The Balaban J connectivity index is 1.69. The average Bonchev–Trinajstić information content (AvgIpc) is 3.13. The number of rotatable bonds is 3. The highest BCUT2D eigenvalue weighted by Crippen LogP contribution is 2.39. The van der Waals surface area contributed by atoms with Gasteiger partial charge in [-0.05, 0) is 48.2 Å². The molecule has 0 saturated carbocycles. The van der Waals surface area contributed by atoms with Crippen molar-refractivity contribution in [2.75, 3.05) is 26.9 Å². The van der Waals surface area contributed by atoms with Gasteiger partial charge in [-0.1, -0.05) is 23.7 Å². The molecule has 2 aromatic carbocycles. The molecule has 0 spiro atoms. The molecule has 2 aromatic rings. The zero-order valence-electron chi connectivity index (χ0n) is 15.2. The fourth-order valence-corrected chi connectivity index (χ4v) is 3.82. The van der Waals surface area contributed by atoms with Crippen molar-refractivity contribution in [1.82, 2.24) is 4.90 Å². The molecule has 5 nitrogen and oxygen atoms in total. The van der Waals surface area contributed by atoms with Crippen molar-refractivity contribution in [3.05, 3.63) is 47.0 Å². The molecule has 4 rings (SSSR count). The highest BCUT2D eigenvalue weighted by molar-refractivity contribution is 6.30. The molecule has 1 fully saturated rings. The second-order valence-corrected chi connectivity index (χ2v) is 7.22. The molecule has 1 amide bonds. The Hall–Kier alpha value is -2.24. The first-order valence-corrected chi connectivity index (χ1v) is 9.53. The van der Waals surface area contributed by atoms with Gasteiger partial charge in [0.1, 0.15) is 12.7 Å². The first kappa shape index (κ1) is 18.1. The summed E-state index contributed by atoms with van der Waals surface area (Å²) in [5.41, 5.74) is 2.89. The molecule has 0 aliphatic carbocycles. The van der Waals surface area contributed by atoms with Crippen LogP contribution in [-0.2, 0) is 16.1 Å². The van der Waals surface area contributed by atoms with Crippen molar-refractivity contribution >= 4 is 17.5 Å². The quantitative estimate of drug-likeness (QED) is 0.801. The van der Waals surface area contributed by atoms with Gasteiger partial charge < -0.3 is 19.1 Å². The van der Waals surface area contributed by atoms with Crippen molar-refractivity contribution in [3.63, 3.8) is 0 Å². The molecular weight excluding hydrogens is 366 g/mol. The minimum Gasteiger partial charge on any atom is -0.493 e. The number of hydrogen-bond acceptors (Lipinski definition) is 4. The number of benzene rings is 2. The molecule has 1 atom stereocenters. The van der Waals surface area contributed by atoms with Gasteiger partial charge in [0.25, 0.3) is 5.91 Å². The monoisotopic (exact) mass is 387 g/mol. The lowest BCUT2D eigenvalue weighted by Crippen LogP contribution is -2.39. The minimum absolute atomic E-state index is 0.0380. The SMILES string of the molecule is COc1cc(-c2cccc(Cl)c2)cc2c1OCCN(C(=O)C1CCCO1)C2. The maximum absolute atomic E-state index is 12.8. The van der Waals surface area contributed by atoms with E-state index in [0.29, 0.717) is 42.8 Å². The Morgan fingerprint density at radius 1 is 1.22 bits per heavy atom. The van der Waals surface area contributed by atoms with Gasteiger partial charge in [-0.15, -0.1) is 0 Å². The molecule has 2 aliphatic rings. The summed E-state index contributed by atoms with van der Waals surface area (Å²) in [6.45, 7) is 2.09. The predicted molar refractivity (Wildman–Crippen MR) is 103 cm³/mol. The maximum atomic E-state index is 12.8. The number of ether oxygens (including phenoxy) is 3. The second kappa shape index (κ2) is 7.79. The zero-order chi connectivity index (χ0) is 18.8. The van der Waals surface area contributed by atoms with Crippen molar-refractivity contribution in [1.29, 1.82) is 0 Å². The van der Waals surface area contributed by atoms with Gasteiger partial charge in [0.15, 0.2) is 11.5 Å². The van der Waals surface area contributed by atoms with Crippen molar-refractivity contribution in [2.45, 2.75) is 25.5 Å². The average molecular weight is 388 g/mol. The van der Waals surface area contributed by atoms with Crippen LogP contribution in [0, 0.1) is 0 Å². The Labute approximate surface area is 163 Å². The Morgan fingerprint density at radius 3 is 2.85 bits per heavy atom. The second-order valence-electron chi connectivity index (χ2n) is 6.79. The van der Waals surface area contributed by atoms with Gasteiger partial charge in [0.05, 0.1) is 13.7 Å². The molecule has 0 radical (unpaired) electrons. The normalized spacial score (nSPS) is 19.2. The first-order chi connectivity index (χ1) is 13.2. The van der Waals surface area contributed by atoms with Crippen LogP contribution in [0.25, 0.3) is 11.1 Å². The lowest BCUT2D eigenvalue weighted by molar-refractivity contribution is -0.141. The van der Waals surface area contributed by atoms with E-state index in [9.17, 15) is 4.79 Å². The summed E-state index contributed by atoms with van der Waals surface area (Å²) in [5.74, 6) is 1.40. The number of halogens is 1. The Kier molecular flexibility index (Phi) is 5.23. The molecule has 0 aromatic heterocycles. The molecule has 1 unspecified atom stereocenters. The van der Waals surface area contributed by atoms with Crippen molar-refractivity contribution < 1.29 is 19.0 Å². The third kappa shape index (κ3) is 3.75. The molecule has 2 aliphatic heterocycles. The van der Waals surface area contributed by atoms with Crippen LogP contribution in [-0.4, -0.2) is 43.8 Å². The zero-order valence-corrected chi connectivity index (χ0v) is 16.0. The number of carbonyl (C=O) groups is 1. The van der Waals surface area contributed by atoms with E-state index >= 15 is 0 Å². The third-order valence-corrected chi connectivity index (χ3v) is 5.23. The highest BCUT2D eigenvalue weighted by atomic mass is 35.5. The van der Waals surface area contributed by atoms with Gasteiger partial charge in [-0.3, -0.25) is 4.79 Å². The molecule has 1 saturated heterocycles. The molecule has 6 heteroatoms. The summed E-state index contributed by atoms with van der Waals surface area (Å²) < 4.78 is 17.1. The molecular formula is C21H22ClNO4. The van der Waals surface area contributed by atoms with E-state index in [1.165, 1.54) is 0 Å². The van der Waals surface area contributed by atoms with E-state index in [-0.39, 0.29) is 12.0 Å². The maximum Gasteiger partial charge on any atom is 0.252 e. The Bertz CT molecular complexity index is 848. The van der Waals surface area contributed by atoms with Crippen LogP contribution in [0.3, 0.4) is 0 Å². The van der Waals surface area contributed by atoms with Gasteiger partial charge >= 0.3 is 0 Å². The summed E-state index contributed by atoms with van der Waals surface area (Å²) >= 11 is 6.15. The number of hydrogen-bond donors (Lipinski definition) is 0. The highest BCUT2D eigenvalue weighted by Gasteiger charge is 2.30. The van der Waals surface area contributed by atoms with Crippen LogP contribution in [0.1, 0.15) is 18.4 Å². The van der Waals surface area contributed by atoms with E-state index in [1.54, 1.807) is 7.11 Å². The largest absolute Gasteiger partial charge is 0.493 e. The van der Waals surface area contributed by atoms with E-state index in [1.807, 2.05) is 41.3 Å². The van der Waals surface area contributed by atoms with Gasteiger partial charge in [0, 0.05) is 23.7 Å². The fraction of sp³-hybridized carbons (Fsp3) is 0.381. The van der Waals surface area contributed by atoms with E-state index in [2.05, 4.69) is 0 Å². The first-order valence-electron chi connectivity index (χ1n) is 9.16. The lowest BCUT2D eigenvalue weighted by Gasteiger charge is -2.23. The van der Waals surface area contributed by atoms with Gasteiger partial charge in [0.2, 0.25) is 0 Å². The third-order valence-electron chi connectivity index (χ3n) is 5.00. The smallest absolute Gasteiger partial charge is 0.252 e. The molecule has 2 heterocycles. The van der Waals surface area contributed by atoms with Gasteiger partial charge in [-0.25, -0.2) is 0 Å². The van der Waals surface area contributed by atoms with E-state index < -0.39 is 0 Å². The summed E-state index contributed by atoms with van der Waals surface area (Å²) in [6.07, 6.45) is 1.39. The standard InChI is InChI=1S/C21H22ClNO4/c1-25-19-12-15(14-4-2-5-17(22)11-14)10-16-13-23(7-9-27-20(16)19)21(24)18-6-3-8-26-18/h2,4-5,10-12,18H,3,6-9,13H2,1H3. The summed E-state index contributed by atoms with van der Waals surface area (Å²) in [5, 5.41) is 0.674. The topological polar surface area (TPSA) is 48.0 Å². The summed E-state index contributed by atoms with van der Waals surface area (Å²) in [6, 6.07) is 11.7. The van der Waals surface area contributed by atoms with Crippen LogP contribution in [0.5, 0.6) is 11.5 Å². The fourth-order valence-electron chi connectivity index (χ4n) is 3.63. The van der Waals surface area contributed by atoms with Crippen molar-refractivity contribution in [2.24, 2.45) is 0 Å². The van der Waals surface area contributed by atoms with Gasteiger partial charge in [-0.2, -0.15) is 0 Å². The van der Waals surface area contributed by atoms with Crippen LogP contribution >= 0.6 is 11.6 Å². The number of carbonyl (C=O) groups excluding carboxylic acids is 1. The van der Waals surface area contributed by atoms with Crippen LogP contribution in [0.4, 0.5) is 0 Å². The number of nitrogens with zero attached hydrogens (tertiary/aromatic N) is 1. The van der Waals surface area contributed by atoms with Crippen molar-refractivity contribution in [3.8, 4) is 22.6 Å². The summed E-state index contributed by atoms with van der Waals surface area (Å²) in [4.78, 5) is 14.6. The van der Waals surface area contributed by atoms with Crippen LogP contribution in [0.15, 0.2) is 36.4 Å². The van der Waals surface area contributed by atoms with Crippen LogP contribution < -0.4 is 9.47 Å². The lowest BCUT2D eigenvalue weighted by atomic mass is 10.0. The Morgan fingerprint density at radius 2 is 2.11 bits per heavy atom. The number of amides is 1. The molecule has 0 N–H and O–H groups in total. The summed E-state index contributed by atoms with van der Waals surface area (Å²) in [7, 11) is 1.63. The predicted octanol–water partition coefficient (Wildman–Crippen LogP) is 3.92. The minimum atomic E-state index is -0.329. The number of fused-ring (bicyclic) bond motifs is 1.